The molecule has 0 aliphatic heterocycles. The van der Waals surface area contributed by atoms with E-state index in [-0.39, 0.29) is 0 Å². The SMILES string of the molecule is NC(=S)c1cc(Cl)ccc1NCCc1ccsc1. The van der Waals surface area contributed by atoms with Crippen molar-refractivity contribution in [3.8, 4) is 0 Å². The lowest BCUT2D eigenvalue weighted by Gasteiger charge is -2.11. The molecule has 0 saturated carbocycles. The maximum absolute atomic E-state index is 5.93. The zero-order chi connectivity index (χ0) is 13.0. The first-order chi connectivity index (χ1) is 8.66. The molecule has 0 aliphatic carbocycles. The molecule has 3 N–H and O–H groups in total. The summed E-state index contributed by atoms with van der Waals surface area (Å²) in [5.74, 6) is 0. The third-order valence-corrected chi connectivity index (χ3v) is 3.74. The van der Waals surface area contributed by atoms with Crippen molar-refractivity contribution < 1.29 is 0 Å². The van der Waals surface area contributed by atoms with Crippen molar-refractivity contribution >= 4 is 45.8 Å². The first-order valence-corrected chi connectivity index (χ1v) is 7.24. The number of thiocarbonyl (C=S) groups is 1. The van der Waals surface area contributed by atoms with Crippen molar-refractivity contribution in [1.82, 2.24) is 0 Å². The smallest absolute Gasteiger partial charge is 0.106 e. The van der Waals surface area contributed by atoms with Crippen LogP contribution in [-0.2, 0) is 6.42 Å². The lowest BCUT2D eigenvalue weighted by atomic mass is 10.1. The standard InChI is InChI=1S/C13H13ClN2S2/c14-10-1-2-12(11(7-10)13(15)17)16-5-3-9-4-6-18-8-9/h1-2,4,6-8,16H,3,5H2,(H2,15,17). The van der Waals surface area contributed by atoms with Crippen LogP contribution in [0.15, 0.2) is 35.0 Å². The molecule has 18 heavy (non-hydrogen) atoms. The molecule has 1 aromatic carbocycles. The second kappa shape index (κ2) is 6.18. The predicted octanol–water partition coefficient (Wildman–Crippen LogP) is 3.69. The number of rotatable bonds is 5. The van der Waals surface area contributed by atoms with Crippen molar-refractivity contribution in [1.29, 1.82) is 0 Å². The van der Waals surface area contributed by atoms with E-state index in [0.717, 1.165) is 24.2 Å². The van der Waals surface area contributed by atoms with Crippen LogP contribution in [0.3, 0.4) is 0 Å². The lowest BCUT2D eigenvalue weighted by Crippen LogP contribution is -2.14. The fourth-order valence-electron chi connectivity index (χ4n) is 1.65. The third-order valence-electron chi connectivity index (χ3n) is 2.56. The highest BCUT2D eigenvalue weighted by molar-refractivity contribution is 7.80. The Bertz CT molecular complexity index is 538. The third kappa shape index (κ3) is 3.45. The summed E-state index contributed by atoms with van der Waals surface area (Å²) in [5, 5.41) is 8.21. The first-order valence-electron chi connectivity index (χ1n) is 5.51. The highest BCUT2D eigenvalue weighted by Gasteiger charge is 2.05. The lowest BCUT2D eigenvalue weighted by molar-refractivity contribution is 1.03. The van der Waals surface area contributed by atoms with Crippen LogP contribution >= 0.6 is 35.2 Å². The van der Waals surface area contributed by atoms with Crippen LogP contribution < -0.4 is 11.1 Å². The normalized spacial score (nSPS) is 10.3. The van der Waals surface area contributed by atoms with E-state index in [1.165, 1.54) is 5.56 Å². The molecule has 0 saturated heterocycles. The van der Waals surface area contributed by atoms with Gasteiger partial charge in [-0.2, -0.15) is 11.3 Å². The largest absolute Gasteiger partial charge is 0.389 e. The zero-order valence-electron chi connectivity index (χ0n) is 9.65. The van der Waals surface area contributed by atoms with Gasteiger partial charge in [0.15, 0.2) is 0 Å². The van der Waals surface area contributed by atoms with Crippen molar-refractivity contribution in [2.75, 3.05) is 11.9 Å². The molecular weight excluding hydrogens is 284 g/mol. The number of anilines is 1. The Labute approximate surface area is 121 Å². The molecule has 2 rings (SSSR count). The molecule has 0 atom stereocenters. The monoisotopic (exact) mass is 296 g/mol. The average Bonchev–Trinajstić information content (AvgIpc) is 2.84. The second-order valence-electron chi connectivity index (χ2n) is 3.86. The Kier molecular flexibility index (Phi) is 4.58. The summed E-state index contributed by atoms with van der Waals surface area (Å²) in [6.45, 7) is 0.841. The van der Waals surface area contributed by atoms with Gasteiger partial charge in [0.05, 0.1) is 0 Å². The highest BCUT2D eigenvalue weighted by atomic mass is 35.5. The maximum atomic E-state index is 5.93. The Morgan fingerprint density at radius 3 is 2.89 bits per heavy atom. The zero-order valence-corrected chi connectivity index (χ0v) is 12.0. The number of thiophene rings is 1. The van der Waals surface area contributed by atoms with Crippen LogP contribution in [0.4, 0.5) is 5.69 Å². The Hall–Kier alpha value is -1.10. The van der Waals surface area contributed by atoms with Gasteiger partial charge in [0, 0.05) is 22.8 Å². The minimum Gasteiger partial charge on any atom is -0.389 e. The van der Waals surface area contributed by atoms with E-state index in [1.54, 1.807) is 17.4 Å². The van der Waals surface area contributed by atoms with Crippen LogP contribution in [-0.4, -0.2) is 11.5 Å². The number of halogens is 1. The molecule has 94 valence electrons. The van der Waals surface area contributed by atoms with Gasteiger partial charge in [0.2, 0.25) is 0 Å². The molecule has 0 bridgehead atoms. The van der Waals surface area contributed by atoms with Crippen molar-refractivity contribution in [2.24, 2.45) is 5.73 Å². The minimum absolute atomic E-state index is 0.357. The van der Waals surface area contributed by atoms with E-state index >= 15 is 0 Å². The first kappa shape index (κ1) is 13.3. The molecule has 0 fully saturated rings. The van der Waals surface area contributed by atoms with Gasteiger partial charge in [-0.3, -0.25) is 0 Å². The van der Waals surface area contributed by atoms with Gasteiger partial charge in [-0.25, -0.2) is 0 Å². The van der Waals surface area contributed by atoms with E-state index in [0.29, 0.717) is 10.0 Å². The number of nitrogens with one attached hydrogen (secondary N) is 1. The Balaban J connectivity index is 2.02. The second-order valence-corrected chi connectivity index (χ2v) is 5.52. The maximum Gasteiger partial charge on any atom is 0.106 e. The number of nitrogens with two attached hydrogens (primary N) is 1. The number of benzene rings is 1. The van der Waals surface area contributed by atoms with Gasteiger partial charge in [-0.1, -0.05) is 23.8 Å². The van der Waals surface area contributed by atoms with Gasteiger partial charge in [-0.15, -0.1) is 0 Å². The minimum atomic E-state index is 0.357. The Morgan fingerprint density at radius 2 is 2.22 bits per heavy atom. The molecule has 1 heterocycles. The fraction of sp³-hybridized carbons (Fsp3) is 0.154. The van der Waals surface area contributed by atoms with E-state index < -0.39 is 0 Å². The molecule has 2 nitrogen and oxygen atoms in total. The molecule has 0 unspecified atom stereocenters. The summed E-state index contributed by atoms with van der Waals surface area (Å²) in [6, 6.07) is 7.65. The number of hydrogen-bond acceptors (Lipinski definition) is 3. The molecule has 0 aliphatic rings. The summed E-state index contributed by atoms with van der Waals surface area (Å²) in [4.78, 5) is 0.357. The molecule has 0 amide bonds. The van der Waals surface area contributed by atoms with Gasteiger partial charge in [0.25, 0.3) is 0 Å². The van der Waals surface area contributed by atoms with Gasteiger partial charge < -0.3 is 11.1 Å². The van der Waals surface area contributed by atoms with Gasteiger partial charge in [-0.05, 0) is 47.0 Å². The summed E-state index contributed by atoms with van der Waals surface area (Å²) in [5.41, 5.74) is 8.74. The molecule has 2 aromatic rings. The van der Waals surface area contributed by atoms with Crippen LogP contribution in [0.5, 0.6) is 0 Å². The summed E-state index contributed by atoms with van der Waals surface area (Å²) < 4.78 is 0. The topological polar surface area (TPSA) is 38.0 Å². The Morgan fingerprint density at radius 1 is 1.39 bits per heavy atom. The quantitative estimate of drug-likeness (QED) is 0.827. The number of hydrogen-bond donors (Lipinski definition) is 2. The molecule has 0 spiro atoms. The predicted molar refractivity (Wildman–Crippen MR) is 83.9 cm³/mol. The molecule has 0 radical (unpaired) electrons. The van der Waals surface area contributed by atoms with E-state index in [2.05, 4.69) is 22.1 Å². The summed E-state index contributed by atoms with van der Waals surface area (Å²) >= 11 is 12.7. The fourth-order valence-corrected chi connectivity index (χ4v) is 2.70. The van der Waals surface area contributed by atoms with Gasteiger partial charge in [0.1, 0.15) is 4.99 Å². The molecule has 5 heteroatoms. The van der Waals surface area contributed by atoms with Crippen molar-refractivity contribution in [3.05, 3.63) is 51.2 Å². The van der Waals surface area contributed by atoms with Crippen LogP contribution in [0.2, 0.25) is 5.02 Å². The van der Waals surface area contributed by atoms with Crippen molar-refractivity contribution in [3.63, 3.8) is 0 Å². The van der Waals surface area contributed by atoms with Gasteiger partial charge >= 0.3 is 0 Å². The average molecular weight is 297 g/mol. The van der Waals surface area contributed by atoms with E-state index in [4.69, 9.17) is 29.6 Å². The van der Waals surface area contributed by atoms with Crippen molar-refractivity contribution in [2.45, 2.75) is 6.42 Å². The van der Waals surface area contributed by atoms with Crippen LogP contribution in [0.25, 0.3) is 0 Å². The van der Waals surface area contributed by atoms with E-state index in [9.17, 15) is 0 Å². The molecular formula is C13H13ClN2S2. The summed E-state index contributed by atoms with van der Waals surface area (Å²) in [6.07, 6.45) is 0.975. The highest BCUT2D eigenvalue weighted by Crippen LogP contribution is 2.20. The molecule has 1 aromatic heterocycles. The van der Waals surface area contributed by atoms with Crippen LogP contribution in [0.1, 0.15) is 11.1 Å². The summed E-state index contributed by atoms with van der Waals surface area (Å²) in [7, 11) is 0. The van der Waals surface area contributed by atoms with E-state index in [1.807, 2.05) is 12.1 Å². The van der Waals surface area contributed by atoms with Crippen LogP contribution in [0, 0.1) is 0 Å².